The van der Waals surface area contributed by atoms with E-state index in [2.05, 4.69) is 15.2 Å². The van der Waals surface area contributed by atoms with Crippen molar-refractivity contribution < 1.29 is 23.1 Å². The van der Waals surface area contributed by atoms with Gasteiger partial charge in [-0.05, 0) is 56.1 Å². The Kier molecular flexibility index (Phi) is 6.42. The van der Waals surface area contributed by atoms with Gasteiger partial charge in [0.2, 0.25) is 0 Å². The number of rotatable bonds is 5. The fourth-order valence-electron chi connectivity index (χ4n) is 4.39. The zero-order chi connectivity index (χ0) is 23.7. The van der Waals surface area contributed by atoms with E-state index in [1.165, 1.54) is 14.2 Å². The summed E-state index contributed by atoms with van der Waals surface area (Å²) in [4.78, 5) is 30.6. The third-order valence-electron chi connectivity index (χ3n) is 6.06. The van der Waals surface area contributed by atoms with Gasteiger partial charge >= 0.3 is 5.97 Å². The summed E-state index contributed by atoms with van der Waals surface area (Å²) in [7, 11) is 2.77. The smallest absolute Gasteiger partial charge is 0.309 e. The number of likely N-dealkylation sites (tertiary alicyclic amines) is 1. The SMILES string of the molecule is CNC(=O)c1cc(F)c(-c2nc3cc(C)ccn3c2CN2CCCC(C(=O)OC)C2)c(F)c1. The van der Waals surface area contributed by atoms with Gasteiger partial charge in [0.1, 0.15) is 17.3 Å². The highest BCUT2D eigenvalue weighted by atomic mass is 19.1. The van der Waals surface area contributed by atoms with Crippen LogP contribution in [0.2, 0.25) is 0 Å². The number of hydrogen-bond donors (Lipinski definition) is 1. The fraction of sp³-hybridized carbons (Fsp3) is 0.375. The molecule has 0 radical (unpaired) electrons. The van der Waals surface area contributed by atoms with E-state index in [4.69, 9.17) is 4.74 Å². The van der Waals surface area contributed by atoms with E-state index in [-0.39, 0.29) is 28.7 Å². The lowest BCUT2D eigenvalue weighted by molar-refractivity contribution is -0.147. The lowest BCUT2D eigenvalue weighted by Crippen LogP contribution is -2.39. The summed E-state index contributed by atoms with van der Waals surface area (Å²) in [6.07, 6.45) is 3.38. The third kappa shape index (κ3) is 4.45. The Hall–Kier alpha value is -3.33. The molecule has 2 aromatic heterocycles. The average molecular weight is 456 g/mol. The van der Waals surface area contributed by atoms with Crippen molar-refractivity contribution >= 4 is 17.5 Å². The van der Waals surface area contributed by atoms with Crippen molar-refractivity contribution in [3.8, 4) is 11.3 Å². The zero-order valence-electron chi connectivity index (χ0n) is 18.8. The molecule has 1 fully saturated rings. The van der Waals surface area contributed by atoms with Gasteiger partial charge in [0, 0.05) is 31.9 Å². The number of carbonyl (C=O) groups excluding carboxylic acids is 2. The Morgan fingerprint density at radius 1 is 1.24 bits per heavy atom. The zero-order valence-corrected chi connectivity index (χ0v) is 18.8. The number of nitrogens with one attached hydrogen (secondary N) is 1. The molecule has 1 aliphatic rings. The summed E-state index contributed by atoms with van der Waals surface area (Å²) >= 11 is 0. The summed E-state index contributed by atoms with van der Waals surface area (Å²) in [5, 5.41) is 2.37. The van der Waals surface area contributed by atoms with E-state index in [0.717, 1.165) is 37.1 Å². The predicted octanol–water partition coefficient (Wildman–Crippen LogP) is 3.33. The Balaban J connectivity index is 1.79. The van der Waals surface area contributed by atoms with Crippen LogP contribution < -0.4 is 5.32 Å². The van der Waals surface area contributed by atoms with Crippen LogP contribution in [-0.4, -0.2) is 53.4 Å². The predicted molar refractivity (Wildman–Crippen MR) is 119 cm³/mol. The first-order valence-corrected chi connectivity index (χ1v) is 10.8. The molecule has 0 saturated carbocycles. The highest BCUT2D eigenvalue weighted by Gasteiger charge is 2.29. The minimum atomic E-state index is -0.860. The number of methoxy groups -OCH3 is 1. The number of amides is 1. The lowest BCUT2D eigenvalue weighted by Gasteiger charge is -2.31. The van der Waals surface area contributed by atoms with Crippen LogP contribution in [0.25, 0.3) is 16.9 Å². The standard InChI is InChI=1S/C24H26F2N4O3/c1-14-6-8-30-19(13-29-7-4-5-15(12-29)24(32)33-3)22(28-20(30)9-14)21-17(25)10-16(11-18(21)26)23(31)27-2/h6,8-11,15H,4-5,7,12-13H2,1-3H3,(H,27,31). The molecular formula is C24H26F2N4O3. The molecule has 0 aliphatic carbocycles. The minimum Gasteiger partial charge on any atom is -0.469 e. The minimum absolute atomic E-state index is 0.102. The first kappa shape index (κ1) is 22.8. The molecule has 7 nitrogen and oxygen atoms in total. The van der Waals surface area contributed by atoms with Crippen LogP contribution in [0.1, 0.15) is 34.5 Å². The molecule has 3 heterocycles. The van der Waals surface area contributed by atoms with Crippen molar-refractivity contribution in [3.05, 3.63) is 58.9 Å². The van der Waals surface area contributed by atoms with Crippen molar-refractivity contribution in [1.82, 2.24) is 19.6 Å². The summed E-state index contributed by atoms with van der Waals surface area (Å²) in [5.41, 5.74) is 1.94. The van der Waals surface area contributed by atoms with Gasteiger partial charge in [-0.3, -0.25) is 14.5 Å². The second kappa shape index (κ2) is 9.27. The average Bonchev–Trinajstić information content (AvgIpc) is 3.14. The number of fused-ring (bicyclic) bond motifs is 1. The maximum atomic E-state index is 15.1. The van der Waals surface area contributed by atoms with Crippen LogP contribution in [0, 0.1) is 24.5 Å². The van der Waals surface area contributed by atoms with E-state index >= 15 is 8.78 Å². The number of pyridine rings is 1. The van der Waals surface area contributed by atoms with Crippen LogP contribution in [0.3, 0.4) is 0 Å². The molecule has 1 amide bonds. The molecule has 1 atom stereocenters. The number of aromatic nitrogens is 2. The van der Waals surface area contributed by atoms with Crippen molar-refractivity contribution in [3.63, 3.8) is 0 Å². The number of aryl methyl sites for hydroxylation is 1. The van der Waals surface area contributed by atoms with Gasteiger partial charge in [0.15, 0.2) is 0 Å². The van der Waals surface area contributed by atoms with Gasteiger partial charge in [-0.1, -0.05) is 0 Å². The maximum absolute atomic E-state index is 15.1. The fourth-order valence-corrected chi connectivity index (χ4v) is 4.39. The van der Waals surface area contributed by atoms with Gasteiger partial charge < -0.3 is 14.5 Å². The van der Waals surface area contributed by atoms with E-state index in [1.54, 1.807) is 0 Å². The molecule has 0 bridgehead atoms. The second-order valence-corrected chi connectivity index (χ2v) is 8.33. The van der Waals surface area contributed by atoms with Gasteiger partial charge in [-0.25, -0.2) is 13.8 Å². The topological polar surface area (TPSA) is 75.9 Å². The molecule has 1 aromatic carbocycles. The van der Waals surface area contributed by atoms with E-state index in [9.17, 15) is 9.59 Å². The quantitative estimate of drug-likeness (QED) is 0.596. The van der Waals surface area contributed by atoms with Crippen LogP contribution in [0.5, 0.6) is 0 Å². The number of halogens is 2. The van der Waals surface area contributed by atoms with Crippen molar-refractivity contribution in [1.29, 1.82) is 0 Å². The molecule has 9 heteroatoms. The number of hydrogen-bond acceptors (Lipinski definition) is 5. The van der Waals surface area contributed by atoms with Gasteiger partial charge in [0.05, 0.1) is 30.0 Å². The molecule has 1 N–H and O–H groups in total. The summed E-state index contributed by atoms with van der Waals surface area (Å²) in [6.45, 7) is 3.50. The molecule has 1 unspecified atom stereocenters. The maximum Gasteiger partial charge on any atom is 0.309 e. The number of esters is 1. The molecule has 3 aromatic rings. The van der Waals surface area contributed by atoms with E-state index in [1.807, 2.05) is 29.7 Å². The number of nitrogens with zero attached hydrogens (tertiary/aromatic N) is 3. The third-order valence-corrected chi connectivity index (χ3v) is 6.06. The Bertz CT molecular complexity index is 1200. The summed E-state index contributed by atoms with van der Waals surface area (Å²) in [6, 6.07) is 5.78. The van der Waals surface area contributed by atoms with Gasteiger partial charge in [-0.15, -0.1) is 0 Å². The van der Waals surface area contributed by atoms with Crippen molar-refractivity contribution in [2.45, 2.75) is 26.3 Å². The van der Waals surface area contributed by atoms with E-state index < -0.39 is 17.5 Å². The first-order valence-electron chi connectivity index (χ1n) is 10.8. The molecule has 0 spiro atoms. The Labute approximate surface area is 190 Å². The molecular weight excluding hydrogens is 430 g/mol. The molecule has 4 rings (SSSR count). The number of carbonyl (C=O) groups is 2. The van der Waals surface area contributed by atoms with Crippen LogP contribution in [0.4, 0.5) is 8.78 Å². The molecule has 174 valence electrons. The van der Waals surface area contributed by atoms with E-state index in [0.29, 0.717) is 24.4 Å². The highest BCUT2D eigenvalue weighted by Crippen LogP contribution is 2.32. The van der Waals surface area contributed by atoms with Crippen LogP contribution in [0.15, 0.2) is 30.5 Å². The number of piperidine rings is 1. The normalized spacial score (nSPS) is 16.7. The highest BCUT2D eigenvalue weighted by molar-refractivity contribution is 5.94. The lowest BCUT2D eigenvalue weighted by atomic mass is 9.97. The van der Waals surface area contributed by atoms with Gasteiger partial charge in [-0.2, -0.15) is 0 Å². The van der Waals surface area contributed by atoms with Crippen molar-refractivity contribution in [2.75, 3.05) is 27.2 Å². The summed E-state index contributed by atoms with van der Waals surface area (Å²) < 4.78 is 37.0. The molecule has 1 saturated heterocycles. The molecule has 33 heavy (non-hydrogen) atoms. The second-order valence-electron chi connectivity index (χ2n) is 8.33. The first-order chi connectivity index (χ1) is 15.8. The Morgan fingerprint density at radius 3 is 2.64 bits per heavy atom. The number of imidazole rings is 1. The van der Waals surface area contributed by atoms with Crippen LogP contribution in [-0.2, 0) is 16.1 Å². The largest absolute Gasteiger partial charge is 0.469 e. The Morgan fingerprint density at radius 2 is 1.97 bits per heavy atom. The van der Waals surface area contributed by atoms with Crippen LogP contribution >= 0.6 is 0 Å². The molecule has 1 aliphatic heterocycles. The van der Waals surface area contributed by atoms with Crippen molar-refractivity contribution in [2.24, 2.45) is 5.92 Å². The number of benzene rings is 1. The number of ether oxygens (including phenoxy) is 1. The van der Waals surface area contributed by atoms with Gasteiger partial charge in [0.25, 0.3) is 5.91 Å². The monoisotopic (exact) mass is 456 g/mol. The summed E-state index contributed by atoms with van der Waals surface area (Å²) in [5.74, 6) is -2.79.